The summed E-state index contributed by atoms with van der Waals surface area (Å²) in [4.78, 5) is 22.7. The average molecular weight is 492 g/mol. The summed E-state index contributed by atoms with van der Waals surface area (Å²) in [6.07, 6.45) is 6.57. The zero-order chi connectivity index (χ0) is 24.8. The van der Waals surface area contributed by atoms with Crippen molar-refractivity contribution >= 4 is 27.9 Å². The van der Waals surface area contributed by atoms with Gasteiger partial charge in [-0.3, -0.25) is 14.5 Å². The van der Waals surface area contributed by atoms with E-state index in [9.17, 15) is 4.79 Å². The van der Waals surface area contributed by atoms with Gasteiger partial charge >= 0.3 is 0 Å². The monoisotopic (exact) mass is 492 g/mol. The van der Waals surface area contributed by atoms with E-state index < -0.39 is 0 Å². The Labute approximate surface area is 209 Å². The van der Waals surface area contributed by atoms with Crippen LogP contribution < -0.4 is 20.3 Å². The molecular weight excluding hydrogens is 472 g/mol. The van der Waals surface area contributed by atoms with Gasteiger partial charge in [-0.15, -0.1) is 0 Å². The van der Waals surface area contributed by atoms with Crippen LogP contribution in [-0.4, -0.2) is 53.8 Å². The molecule has 0 aliphatic carbocycles. The Morgan fingerprint density at radius 1 is 1.00 bits per heavy atom. The highest BCUT2D eigenvalue weighted by atomic mass is 16.6. The van der Waals surface area contributed by atoms with Crippen LogP contribution >= 0.6 is 0 Å². The molecule has 7 rings (SSSR count). The highest BCUT2D eigenvalue weighted by molar-refractivity contribution is 6.02. The number of benzene rings is 2. The van der Waals surface area contributed by atoms with Gasteiger partial charge in [0.25, 0.3) is 5.56 Å². The van der Waals surface area contributed by atoms with E-state index in [1.165, 1.54) is 6.20 Å². The number of para-hydroxylation sites is 2. The van der Waals surface area contributed by atoms with E-state index in [2.05, 4.69) is 25.6 Å². The number of fused-ring (bicyclic) bond motifs is 4. The molecule has 1 aliphatic heterocycles. The maximum absolute atomic E-state index is 13.5. The molecule has 37 heavy (non-hydrogen) atoms. The first kappa shape index (κ1) is 21.1. The van der Waals surface area contributed by atoms with Crippen molar-refractivity contribution in [3.8, 4) is 22.9 Å². The highest BCUT2D eigenvalue weighted by Gasteiger charge is 2.21. The summed E-state index contributed by atoms with van der Waals surface area (Å²) in [5.74, 6) is 1.80. The Morgan fingerprint density at radius 3 is 2.68 bits per heavy atom. The number of rotatable bonds is 5. The molecule has 0 radical (unpaired) electrons. The van der Waals surface area contributed by atoms with Crippen molar-refractivity contribution in [3.05, 3.63) is 89.7 Å². The molecule has 0 spiro atoms. The zero-order valence-electron chi connectivity index (χ0n) is 19.4. The molecule has 0 fully saturated rings. The van der Waals surface area contributed by atoms with Crippen molar-refractivity contribution in [1.29, 1.82) is 0 Å². The summed E-state index contributed by atoms with van der Waals surface area (Å²) in [7, 11) is 0. The van der Waals surface area contributed by atoms with Crippen LogP contribution in [0.3, 0.4) is 0 Å². The Balaban J connectivity index is 1.25. The van der Waals surface area contributed by atoms with Gasteiger partial charge in [0.05, 0.1) is 40.4 Å². The molecule has 6 aromatic rings. The minimum atomic E-state index is -0.228. The van der Waals surface area contributed by atoms with Crippen molar-refractivity contribution in [1.82, 2.24) is 34.5 Å². The molecule has 2 aromatic carbocycles. The first-order valence-corrected chi connectivity index (χ1v) is 11.7. The van der Waals surface area contributed by atoms with Crippen molar-refractivity contribution in [2.24, 2.45) is 0 Å². The van der Waals surface area contributed by atoms with E-state index in [0.717, 1.165) is 11.4 Å². The summed E-state index contributed by atoms with van der Waals surface area (Å²) in [5, 5.41) is 15.6. The fourth-order valence-electron chi connectivity index (χ4n) is 4.46. The highest BCUT2D eigenvalue weighted by Crippen LogP contribution is 2.31. The Kier molecular flexibility index (Phi) is 4.84. The first-order valence-electron chi connectivity index (χ1n) is 11.7. The lowest BCUT2D eigenvalue weighted by Gasteiger charge is -2.26. The number of anilines is 1. The van der Waals surface area contributed by atoms with Gasteiger partial charge in [0, 0.05) is 18.6 Å². The smallest absolute Gasteiger partial charge is 0.267 e. The first-order chi connectivity index (χ1) is 18.2. The van der Waals surface area contributed by atoms with E-state index in [0.29, 0.717) is 52.5 Å². The van der Waals surface area contributed by atoms with Gasteiger partial charge in [-0.25, -0.2) is 9.67 Å². The topological polar surface area (TPSA) is 125 Å². The van der Waals surface area contributed by atoms with Gasteiger partial charge in [-0.1, -0.05) is 12.1 Å². The van der Waals surface area contributed by atoms with Crippen LogP contribution in [0.15, 0.2) is 84.2 Å². The number of ether oxygens (including phenoxy) is 2. The Morgan fingerprint density at radius 2 is 1.84 bits per heavy atom. The van der Waals surface area contributed by atoms with Crippen LogP contribution in [0.2, 0.25) is 0 Å². The minimum absolute atomic E-state index is 0.221. The SMILES string of the molecule is O=c1c2cn[nH]c2c2cnc(NCC3COc4ccccc4O3)nc2n1-c1ccc(-n2cccn2)cc1. The summed E-state index contributed by atoms with van der Waals surface area (Å²) in [6.45, 7) is 0.828. The lowest BCUT2D eigenvalue weighted by Crippen LogP contribution is -2.35. The molecule has 2 N–H and O–H groups in total. The molecular formula is C26H20N8O3. The van der Waals surface area contributed by atoms with Crippen molar-refractivity contribution < 1.29 is 9.47 Å². The van der Waals surface area contributed by atoms with Gasteiger partial charge in [-0.2, -0.15) is 15.2 Å². The number of aromatic amines is 1. The Bertz CT molecular complexity index is 1790. The molecule has 0 saturated carbocycles. The van der Waals surface area contributed by atoms with Crippen molar-refractivity contribution in [2.45, 2.75) is 6.10 Å². The predicted molar refractivity (Wildman–Crippen MR) is 137 cm³/mol. The molecule has 5 heterocycles. The number of H-pyrrole nitrogens is 1. The summed E-state index contributed by atoms with van der Waals surface area (Å²) in [5.41, 5.74) is 2.37. The summed E-state index contributed by atoms with van der Waals surface area (Å²) >= 11 is 0. The molecule has 182 valence electrons. The lowest BCUT2D eigenvalue weighted by atomic mass is 10.2. The van der Waals surface area contributed by atoms with Crippen molar-refractivity contribution in [2.75, 3.05) is 18.5 Å². The van der Waals surface area contributed by atoms with Crippen LogP contribution in [0.5, 0.6) is 11.5 Å². The van der Waals surface area contributed by atoms with E-state index in [1.807, 2.05) is 60.8 Å². The average Bonchev–Trinajstić information content (AvgIpc) is 3.66. The third-order valence-corrected chi connectivity index (χ3v) is 6.25. The number of nitrogens with zero attached hydrogens (tertiary/aromatic N) is 6. The third-order valence-electron chi connectivity index (χ3n) is 6.25. The van der Waals surface area contributed by atoms with Crippen LogP contribution in [-0.2, 0) is 0 Å². The fraction of sp³-hybridized carbons (Fsp3) is 0.115. The molecule has 0 bridgehead atoms. The van der Waals surface area contributed by atoms with Crippen molar-refractivity contribution in [3.63, 3.8) is 0 Å². The molecule has 1 unspecified atom stereocenters. The number of hydrogen-bond donors (Lipinski definition) is 2. The minimum Gasteiger partial charge on any atom is -0.486 e. The van der Waals surface area contributed by atoms with Gasteiger partial charge in [0.1, 0.15) is 12.7 Å². The predicted octanol–water partition coefficient (Wildman–Crippen LogP) is 3.09. The standard InChI is InChI=1S/C26H20N8O3/c35-25-20-14-29-32-23(20)19-13-28-26(27-12-18-15-36-21-4-1-2-5-22(21)37-18)31-24(19)34(25)17-8-6-16(7-9-17)33-11-3-10-30-33/h1-11,13-14,18H,12,15H2,(H,29,32)(H,27,28,31). The molecule has 11 nitrogen and oxygen atoms in total. The second-order valence-corrected chi connectivity index (χ2v) is 8.58. The maximum Gasteiger partial charge on any atom is 0.267 e. The zero-order valence-corrected chi connectivity index (χ0v) is 19.4. The van der Waals surface area contributed by atoms with Gasteiger partial charge < -0.3 is 14.8 Å². The second kappa shape index (κ2) is 8.48. The van der Waals surface area contributed by atoms with E-state index in [-0.39, 0.29) is 11.7 Å². The van der Waals surface area contributed by atoms with Crippen LogP contribution in [0, 0.1) is 0 Å². The maximum atomic E-state index is 13.5. The van der Waals surface area contributed by atoms with Gasteiger partial charge in [0.2, 0.25) is 5.95 Å². The summed E-state index contributed by atoms with van der Waals surface area (Å²) in [6, 6.07) is 17.0. The second-order valence-electron chi connectivity index (χ2n) is 8.58. The molecule has 11 heteroatoms. The third kappa shape index (κ3) is 3.64. The van der Waals surface area contributed by atoms with E-state index >= 15 is 0 Å². The van der Waals surface area contributed by atoms with Crippen LogP contribution in [0.1, 0.15) is 0 Å². The molecule has 1 atom stereocenters. The number of nitrogens with one attached hydrogen (secondary N) is 2. The molecule has 0 amide bonds. The molecule has 0 saturated heterocycles. The molecule has 1 aliphatic rings. The normalized spacial score (nSPS) is 14.8. The van der Waals surface area contributed by atoms with Gasteiger partial charge in [0.15, 0.2) is 17.1 Å². The van der Waals surface area contributed by atoms with Crippen LogP contribution in [0.4, 0.5) is 5.95 Å². The largest absolute Gasteiger partial charge is 0.486 e. The fourth-order valence-corrected chi connectivity index (χ4v) is 4.46. The van der Waals surface area contributed by atoms with Crippen LogP contribution in [0.25, 0.3) is 33.3 Å². The Hall–Kier alpha value is -5.19. The number of hydrogen-bond acceptors (Lipinski definition) is 8. The molecule has 4 aromatic heterocycles. The van der Waals surface area contributed by atoms with E-state index in [1.54, 1.807) is 21.6 Å². The number of pyridine rings is 1. The number of aromatic nitrogens is 7. The quantitative estimate of drug-likeness (QED) is 0.376. The van der Waals surface area contributed by atoms with E-state index in [4.69, 9.17) is 14.5 Å². The van der Waals surface area contributed by atoms with Gasteiger partial charge in [-0.05, 0) is 42.5 Å². The summed E-state index contributed by atoms with van der Waals surface area (Å²) < 4.78 is 15.1. The lowest BCUT2D eigenvalue weighted by molar-refractivity contribution is 0.0996.